The van der Waals surface area contributed by atoms with Gasteiger partial charge in [0.25, 0.3) is 5.91 Å². The Morgan fingerprint density at radius 2 is 2.17 bits per heavy atom. The number of aryl methyl sites for hydroxylation is 3. The molecule has 184 valence electrons. The third-order valence-electron chi connectivity index (χ3n) is 7.95. The lowest BCUT2D eigenvalue weighted by atomic mass is 9.85. The Bertz CT molecular complexity index is 1320. The Balaban J connectivity index is 1.16. The van der Waals surface area contributed by atoms with E-state index in [2.05, 4.69) is 32.7 Å². The van der Waals surface area contributed by atoms with E-state index in [1.165, 1.54) is 16.9 Å². The summed E-state index contributed by atoms with van der Waals surface area (Å²) in [6.07, 6.45) is 3.83. The second kappa shape index (κ2) is 8.43. The van der Waals surface area contributed by atoms with Crippen LogP contribution in [0.1, 0.15) is 45.0 Å². The molecule has 1 aliphatic carbocycles. The van der Waals surface area contributed by atoms with Crippen molar-refractivity contribution in [3.63, 3.8) is 0 Å². The highest BCUT2D eigenvalue weighted by Crippen LogP contribution is 2.36. The average Bonchev–Trinajstić information content (AvgIpc) is 3.37. The topological polar surface area (TPSA) is 105 Å². The van der Waals surface area contributed by atoms with E-state index in [1.807, 2.05) is 19.9 Å². The van der Waals surface area contributed by atoms with Crippen molar-refractivity contribution in [3.05, 3.63) is 45.6 Å². The quantitative estimate of drug-likeness (QED) is 0.514. The van der Waals surface area contributed by atoms with E-state index in [1.54, 1.807) is 7.11 Å². The van der Waals surface area contributed by atoms with Crippen LogP contribution >= 0.6 is 11.3 Å². The van der Waals surface area contributed by atoms with Crippen LogP contribution in [0.2, 0.25) is 0 Å². The van der Waals surface area contributed by atoms with Crippen molar-refractivity contribution in [2.45, 2.75) is 57.2 Å². The number of thiophene rings is 1. The van der Waals surface area contributed by atoms with Gasteiger partial charge < -0.3 is 26.0 Å². The number of carbonyl (C=O) groups is 1. The van der Waals surface area contributed by atoms with E-state index in [-0.39, 0.29) is 23.6 Å². The van der Waals surface area contributed by atoms with Gasteiger partial charge >= 0.3 is 0 Å². The van der Waals surface area contributed by atoms with Crippen molar-refractivity contribution in [1.29, 1.82) is 0 Å². The Labute approximate surface area is 209 Å². The van der Waals surface area contributed by atoms with Crippen molar-refractivity contribution in [1.82, 2.24) is 20.6 Å². The Hall–Kier alpha value is -2.75. The van der Waals surface area contributed by atoms with Gasteiger partial charge in [0.05, 0.1) is 17.3 Å². The van der Waals surface area contributed by atoms with Gasteiger partial charge in [-0.2, -0.15) is 0 Å². The number of hydrogen-bond acceptors (Lipinski definition) is 8. The average molecular weight is 493 g/mol. The monoisotopic (exact) mass is 492 g/mol. The highest BCUT2D eigenvalue weighted by atomic mass is 32.1. The minimum absolute atomic E-state index is 0.0650. The molecule has 0 aromatic carbocycles. The number of aromatic nitrogens is 2. The van der Waals surface area contributed by atoms with Crippen LogP contribution in [0.4, 0.5) is 11.5 Å². The molecule has 9 heteroatoms. The van der Waals surface area contributed by atoms with Crippen molar-refractivity contribution < 1.29 is 9.53 Å². The Morgan fingerprint density at radius 1 is 1.34 bits per heavy atom. The maximum atomic E-state index is 13.1. The molecule has 2 saturated heterocycles. The maximum Gasteiger partial charge on any atom is 0.263 e. The first-order valence-electron chi connectivity index (χ1n) is 12.4. The summed E-state index contributed by atoms with van der Waals surface area (Å²) in [4.78, 5) is 26.5. The lowest BCUT2D eigenvalue weighted by Crippen LogP contribution is -2.64. The molecular weight excluding hydrogens is 460 g/mol. The van der Waals surface area contributed by atoms with Crippen LogP contribution in [-0.4, -0.2) is 60.3 Å². The molecule has 0 saturated carbocycles. The molecule has 1 amide bonds. The molecule has 3 unspecified atom stereocenters. The Morgan fingerprint density at radius 3 is 2.89 bits per heavy atom. The molecule has 4 N–H and O–H groups in total. The summed E-state index contributed by atoms with van der Waals surface area (Å²) < 4.78 is 5.78. The molecule has 5 heterocycles. The molecular formula is C26H32N6O2S. The zero-order valence-corrected chi connectivity index (χ0v) is 21.3. The molecule has 8 nitrogen and oxygen atoms in total. The zero-order valence-electron chi connectivity index (χ0n) is 20.5. The number of amides is 1. The molecule has 2 fully saturated rings. The summed E-state index contributed by atoms with van der Waals surface area (Å²) in [5.74, 6) is 0.914. The fraction of sp³-hybridized carbons (Fsp3) is 0.500. The molecule has 1 spiro atoms. The zero-order chi connectivity index (χ0) is 24.3. The number of rotatable bonds is 4. The van der Waals surface area contributed by atoms with Crippen LogP contribution in [0.25, 0.3) is 10.2 Å². The lowest BCUT2D eigenvalue weighted by Gasteiger charge is -2.43. The van der Waals surface area contributed by atoms with Gasteiger partial charge in [0, 0.05) is 43.0 Å². The van der Waals surface area contributed by atoms with Gasteiger partial charge in [0.2, 0.25) is 0 Å². The van der Waals surface area contributed by atoms with Crippen LogP contribution in [0.15, 0.2) is 18.2 Å². The highest BCUT2D eigenvalue weighted by Gasteiger charge is 2.51. The van der Waals surface area contributed by atoms with E-state index in [0.717, 1.165) is 78.3 Å². The van der Waals surface area contributed by atoms with Crippen LogP contribution < -0.4 is 21.3 Å². The summed E-state index contributed by atoms with van der Waals surface area (Å²) in [7, 11) is 1.80. The molecule has 6 rings (SSSR count). The van der Waals surface area contributed by atoms with Gasteiger partial charge in [-0.25, -0.2) is 9.97 Å². The summed E-state index contributed by atoms with van der Waals surface area (Å²) in [6.45, 7) is 6.82. The van der Waals surface area contributed by atoms with E-state index in [4.69, 9.17) is 15.5 Å². The first kappa shape index (κ1) is 22.7. The number of methoxy groups -OCH3 is 1. The maximum absolute atomic E-state index is 13.1. The van der Waals surface area contributed by atoms with E-state index in [9.17, 15) is 4.79 Å². The minimum Gasteiger partial charge on any atom is -0.397 e. The van der Waals surface area contributed by atoms with Crippen LogP contribution in [0, 0.1) is 13.8 Å². The molecule has 2 aliphatic heterocycles. The van der Waals surface area contributed by atoms with Crippen LogP contribution in [0.3, 0.4) is 0 Å². The van der Waals surface area contributed by atoms with Crippen LogP contribution in [-0.2, 0) is 17.6 Å². The van der Waals surface area contributed by atoms with Crippen molar-refractivity contribution in [2.24, 2.45) is 0 Å². The van der Waals surface area contributed by atoms with Gasteiger partial charge in [0.15, 0.2) is 0 Å². The fourth-order valence-corrected chi connectivity index (χ4v) is 7.12. The Kier molecular flexibility index (Phi) is 5.47. The molecule has 3 aliphatic rings. The number of nitrogen functional groups attached to an aromatic ring is 1. The number of nitrogens with zero attached hydrogens (tertiary/aromatic N) is 3. The van der Waals surface area contributed by atoms with E-state index < -0.39 is 0 Å². The smallest absolute Gasteiger partial charge is 0.263 e. The fourth-order valence-electron chi connectivity index (χ4n) is 6.00. The normalized spacial score (nSPS) is 25.6. The third-order valence-corrected chi connectivity index (χ3v) is 9.05. The number of ether oxygens (including phenoxy) is 1. The molecule has 3 aromatic rings. The minimum atomic E-state index is -0.110. The number of anilines is 2. The first-order chi connectivity index (χ1) is 16.9. The summed E-state index contributed by atoms with van der Waals surface area (Å²) in [5.41, 5.74) is 11.3. The van der Waals surface area contributed by atoms with E-state index in [0.29, 0.717) is 10.6 Å². The van der Waals surface area contributed by atoms with Gasteiger partial charge in [0.1, 0.15) is 15.5 Å². The standard InChI is InChI=1S/C26H32N6O2S/c1-14-10-15(2)29-25-21(14)22(27)23(35-25)24(33)30-17-5-6-18-16(11-17)4-7-20(31-18)32-12-19(34-3)26(13-32)8-9-28-26/h4,7,10,17,19,28H,5-6,8-9,11-13,27H2,1-3H3,(H,30,33). The van der Waals surface area contributed by atoms with E-state index >= 15 is 0 Å². The molecule has 0 bridgehead atoms. The number of hydrogen-bond donors (Lipinski definition) is 3. The number of carbonyl (C=O) groups excluding carboxylic acids is 1. The van der Waals surface area contributed by atoms with Gasteiger partial charge in [-0.05, 0) is 69.3 Å². The largest absolute Gasteiger partial charge is 0.397 e. The number of nitrogens with two attached hydrogens (primary N) is 1. The summed E-state index contributed by atoms with van der Waals surface area (Å²) in [6, 6.07) is 6.37. The molecule has 35 heavy (non-hydrogen) atoms. The van der Waals surface area contributed by atoms with Crippen LogP contribution in [0.5, 0.6) is 0 Å². The first-order valence-corrected chi connectivity index (χ1v) is 13.2. The summed E-state index contributed by atoms with van der Waals surface area (Å²) >= 11 is 1.38. The van der Waals surface area contributed by atoms with Gasteiger partial charge in [-0.1, -0.05) is 6.07 Å². The second-order valence-corrected chi connectivity index (χ2v) is 11.2. The molecule has 3 aromatic heterocycles. The third kappa shape index (κ3) is 3.77. The second-order valence-electron chi connectivity index (χ2n) is 10.2. The lowest BCUT2D eigenvalue weighted by molar-refractivity contribution is 0.0180. The predicted molar refractivity (Wildman–Crippen MR) is 139 cm³/mol. The number of fused-ring (bicyclic) bond motifs is 2. The van der Waals surface area contributed by atoms with Crippen molar-refractivity contribution in [2.75, 3.05) is 37.4 Å². The van der Waals surface area contributed by atoms with Gasteiger partial charge in [-0.15, -0.1) is 11.3 Å². The van der Waals surface area contributed by atoms with Crippen molar-refractivity contribution >= 4 is 39.0 Å². The highest BCUT2D eigenvalue weighted by molar-refractivity contribution is 7.21. The SMILES string of the molecule is COC1CN(c2ccc3c(n2)CCC(NC(=O)c2sc4nc(C)cc(C)c4c2N)C3)CC12CCN2. The molecule has 3 atom stereocenters. The van der Waals surface area contributed by atoms with Gasteiger partial charge in [-0.3, -0.25) is 4.79 Å². The number of pyridine rings is 2. The molecule has 0 radical (unpaired) electrons. The summed E-state index contributed by atoms with van der Waals surface area (Å²) in [5, 5.41) is 7.71. The number of nitrogens with one attached hydrogen (secondary N) is 2. The van der Waals surface area contributed by atoms with Crippen molar-refractivity contribution in [3.8, 4) is 0 Å². The predicted octanol–water partition coefficient (Wildman–Crippen LogP) is 2.74.